The first-order chi connectivity index (χ1) is 6.83. The van der Waals surface area contributed by atoms with Gasteiger partial charge >= 0.3 is 0 Å². The Kier molecular flexibility index (Phi) is 6.99. The zero-order valence-corrected chi connectivity index (χ0v) is 12.9. The first-order valence-corrected chi connectivity index (χ1v) is 9.54. The van der Waals surface area contributed by atoms with Crippen LogP contribution in [0.1, 0.15) is 40.0 Å². The van der Waals surface area contributed by atoms with Gasteiger partial charge in [0.05, 0.1) is 0 Å². The first kappa shape index (κ1) is 15.4. The molecule has 0 aromatic carbocycles. The van der Waals surface area contributed by atoms with Crippen molar-refractivity contribution in [2.75, 3.05) is 6.54 Å². The highest BCUT2D eigenvalue weighted by Gasteiger charge is 2.17. The van der Waals surface area contributed by atoms with Crippen molar-refractivity contribution in [1.82, 2.24) is 4.98 Å². The number of hydrogen-bond donors (Lipinski definition) is 1. The molecule has 0 aliphatic heterocycles. The van der Waals surface area contributed by atoms with Crippen molar-refractivity contribution in [2.24, 2.45) is 0 Å². The van der Waals surface area contributed by atoms with Crippen LogP contribution in [0.15, 0.2) is 0 Å². The summed E-state index contributed by atoms with van der Waals surface area (Å²) in [6, 6.07) is 1.31. The number of rotatable bonds is 8. The van der Waals surface area contributed by atoms with E-state index in [1.807, 2.05) is 0 Å². The van der Waals surface area contributed by atoms with Crippen molar-refractivity contribution in [3.05, 3.63) is 0 Å². The monoisotopic (exact) mass is 244 g/mol. The van der Waals surface area contributed by atoms with Crippen LogP contribution in [0.25, 0.3) is 0 Å². The summed E-state index contributed by atoms with van der Waals surface area (Å²) in [5, 5.41) is 0. The number of unbranched alkanes of at least 4 members (excludes halogenated alkanes) is 1. The number of hydrogen-bond acceptors (Lipinski definition) is 2. The van der Waals surface area contributed by atoms with Gasteiger partial charge in [0.1, 0.15) is 8.24 Å². The van der Waals surface area contributed by atoms with Crippen molar-refractivity contribution in [3.8, 4) is 0 Å². The van der Waals surface area contributed by atoms with Crippen LogP contribution in [-0.4, -0.2) is 30.9 Å². The summed E-state index contributed by atoms with van der Waals surface area (Å²) in [6.45, 7) is 12.4. The molecule has 0 saturated carbocycles. The summed E-state index contributed by atoms with van der Waals surface area (Å²) in [4.78, 5) is 3.70. The van der Waals surface area contributed by atoms with E-state index >= 15 is 0 Å². The highest BCUT2D eigenvalue weighted by Crippen LogP contribution is 2.16. The van der Waals surface area contributed by atoms with Gasteiger partial charge in [-0.25, -0.2) is 0 Å². The highest BCUT2D eigenvalue weighted by molar-refractivity contribution is 6.74. The molecule has 4 heteroatoms. The van der Waals surface area contributed by atoms with Crippen molar-refractivity contribution in [2.45, 2.75) is 64.8 Å². The molecule has 2 nitrogen and oxygen atoms in total. The van der Waals surface area contributed by atoms with Gasteiger partial charge in [0, 0.05) is 5.60 Å². The number of nitrogens with one attached hydrogen (secondary N) is 1. The van der Waals surface area contributed by atoms with Crippen LogP contribution in [0.4, 0.5) is 0 Å². The van der Waals surface area contributed by atoms with Crippen LogP contribution >= 0.6 is 0 Å². The Morgan fingerprint density at radius 1 is 1.27 bits per heavy atom. The lowest BCUT2D eigenvalue weighted by Crippen LogP contribution is -2.44. The summed E-state index contributed by atoms with van der Waals surface area (Å²) >= 11 is 0. The fraction of sp³-hybridized carbons (Fsp3) is 1.00. The van der Waals surface area contributed by atoms with E-state index in [2.05, 4.69) is 49.3 Å². The molecule has 0 aliphatic carbocycles. The Bertz CT molecular complexity index is 154. The molecule has 0 aromatic heterocycles. The first-order valence-electron chi connectivity index (χ1n) is 5.93. The molecule has 89 valence electrons. The van der Waals surface area contributed by atoms with Gasteiger partial charge in [-0.2, -0.15) is 0 Å². The molecule has 0 heterocycles. The third kappa shape index (κ3) is 8.19. The van der Waals surface area contributed by atoms with Crippen LogP contribution in [0.5, 0.6) is 0 Å². The molecule has 0 aliphatic rings. The van der Waals surface area contributed by atoms with Crippen molar-refractivity contribution >= 4 is 18.7 Å². The Labute approximate surface area is 99.8 Å². The average molecular weight is 245 g/mol. The Morgan fingerprint density at radius 3 is 2.33 bits per heavy atom. The summed E-state index contributed by atoms with van der Waals surface area (Å²) in [5.74, 6) is 0. The quantitative estimate of drug-likeness (QED) is 0.524. The largest absolute Gasteiger partial charge is 0.414 e. The normalized spacial score (nSPS) is 13.2. The Balaban J connectivity index is 3.48. The molecule has 1 N–H and O–H groups in total. The maximum Gasteiger partial charge on any atom is 0.246 e. The molecule has 0 fully saturated rings. The average Bonchev–Trinajstić information content (AvgIpc) is 2.17. The topological polar surface area (TPSA) is 21.3 Å². The lowest BCUT2D eigenvalue weighted by molar-refractivity contribution is 0.109. The Hall–Kier alpha value is 0.354. The summed E-state index contributed by atoms with van der Waals surface area (Å²) in [7, 11) is 2.05. The van der Waals surface area contributed by atoms with Crippen LogP contribution < -0.4 is 4.98 Å². The van der Waals surface area contributed by atoms with E-state index in [9.17, 15) is 0 Å². The standard InChI is InChI=1S/C11H26NOSi2/c1-6-15(4,5)12-10-8-7-9-11(2,3)13-14/h12H,6-10H2,1-5H3. The van der Waals surface area contributed by atoms with Gasteiger partial charge in [0.15, 0.2) is 0 Å². The summed E-state index contributed by atoms with van der Waals surface area (Å²) in [6.07, 6.45) is 3.57. The minimum Gasteiger partial charge on any atom is -0.414 e. The third-order valence-corrected chi connectivity index (χ3v) is 6.50. The van der Waals surface area contributed by atoms with Crippen molar-refractivity contribution in [3.63, 3.8) is 0 Å². The molecular weight excluding hydrogens is 218 g/mol. The molecule has 0 spiro atoms. The zero-order valence-electron chi connectivity index (χ0n) is 10.9. The van der Waals surface area contributed by atoms with Gasteiger partial charge in [-0.1, -0.05) is 20.0 Å². The summed E-state index contributed by atoms with van der Waals surface area (Å²) in [5.41, 5.74) is -0.0331. The molecule has 0 atom stereocenters. The van der Waals surface area contributed by atoms with Crippen LogP contribution in [0.3, 0.4) is 0 Å². The molecule has 0 bridgehead atoms. The predicted octanol–water partition coefficient (Wildman–Crippen LogP) is 2.85. The molecule has 0 unspecified atom stereocenters. The molecule has 0 aromatic rings. The Morgan fingerprint density at radius 2 is 1.87 bits per heavy atom. The van der Waals surface area contributed by atoms with E-state index in [-0.39, 0.29) is 5.60 Å². The summed E-state index contributed by atoms with van der Waals surface area (Å²) < 4.78 is 5.20. The minimum atomic E-state index is -1.07. The lowest BCUT2D eigenvalue weighted by atomic mass is 10.0. The maximum absolute atomic E-state index is 5.20. The third-order valence-electron chi connectivity index (χ3n) is 2.97. The minimum absolute atomic E-state index is 0.0331. The second-order valence-electron chi connectivity index (χ2n) is 5.48. The van der Waals surface area contributed by atoms with Gasteiger partial charge in [0.2, 0.25) is 10.5 Å². The van der Waals surface area contributed by atoms with Gasteiger partial charge in [-0.15, -0.1) is 0 Å². The highest BCUT2D eigenvalue weighted by atomic mass is 28.3. The van der Waals surface area contributed by atoms with Crippen LogP contribution in [0, 0.1) is 0 Å². The molecule has 15 heavy (non-hydrogen) atoms. The predicted molar refractivity (Wildman–Crippen MR) is 70.7 cm³/mol. The van der Waals surface area contributed by atoms with Crippen molar-refractivity contribution < 1.29 is 4.43 Å². The van der Waals surface area contributed by atoms with Gasteiger partial charge in [-0.05, 0) is 45.7 Å². The second-order valence-corrected chi connectivity index (χ2v) is 10.5. The second kappa shape index (κ2) is 6.83. The molecule has 0 saturated heterocycles. The lowest BCUT2D eigenvalue weighted by Gasteiger charge is -2.24. The maximum atomic E-state index is 5.20. The van der Waals surface area contributed by atoms with Gasteiger partial charge in [-0.3, -0.25) is 0 Å². The fourth-order valence-corrected chi connectivity index (χ4v) is 2.48. The van der Waals surface area contributed by atoms with E-state index in [0.717, 1.165) is 13.0 Å². The van der Waals surface area contributed by atoms with E-state index in [1.54, 1.807) is 0 Å². The van der Waals surface area contributed by atoms with E-state index in [0.29, 0.717) is 0 Å². The smallest absolute Gasteiger partial charge is 0.246 e. The van der Waals surface area contributed by atoms with Gasteiger partial charge < -0.3 is 9.41 Å². The van der Waals surface area contributed by atoms with E-state index < -0.39 is 8.24 Å². The SMILES string of the molecule is CC[Si](C)(C)NCCCCC(C)(C)O[Si]. The zero-order chi connectivity index (χ0) is 11.9. The van der Waals surface area contributed by atoms with Crippen molar-refractivity contribution in [1.29, 1.82) is 0 Å². The van der Waals surface area contributed by atoms with E-state index in [4.69, 9.17) is 4.43 Å². The molecule has 0 amide bonds. The molecule has 3 radical (unpaired) electrons. The fourth-order valence-electron chi connectivity index (χ4n) is 1.28. The van der Waals surface area contributed by atoms with Crippen LogP contribution in [-0.2, 0) is 4.43 Å². The van der Waals surface area contributed by atoms with Gasteiger partial charge in [0.25, 0.3) is 0 Å². The molecular formula is C11H26NOSi2. The van der Waals surface area contributed by atoms with Crippen LogP contribution in [0.2, 0.25) is 19.1 Å². The molecule has 0 rings (SSSR count). The van der Waals surface area contributed by atoms with E-state index in [1.165, 1.54) is 18.9 Å².